The van der Waals surface area contributed by atoms with E-state index >= 15 is 0 Å². The minimum absolute atomic E-state index is 0.0126. The Hall–Kier alpha value is -3.15. The van der Waals surface area contributed by atoms with Gasteiger partial charge in [-0.2, -0.15) is 0 Å². The minimum atomic E-state index is -1.01. The van der Waals surface area contributed by atoms with Crippen LogP contribution in [0.2, 0.25) is 0 Å². The first-order valence-electron chi connectivity index (χ1n) is 8.08. The number of aromatic nitrogens is 1. The number of carbonyl (C=O) groups excluding carboxylic acids is 2. The fourth-order valence-corrected chi connectivity index (χ4v) is 2.87. The van der Waals surface area contributed by atoms with Gasteiger partial charge in [0.15, 0.2) is 17.7 Å². The zero-order valence-electron chi connectivity index (χ0n) is 14.6. The Balaban J connectivity index is 1.81. The summed E-state index contributed by atoms with van der Waals surface area (Å²) in [5, 5.41) is 0.772. The van der Waals surface area contributed by atoms with Crippen LogP contribution in [0.1, 0.15) is 33.3 Å². The van der Waals surface area contributed by atoms with Gasteiger partial charge in [-0.25, -0.2) is 9.18 Å². The third kappa shape index (κ3) is 3.18. The van der Waals surface area contributed by atoms with Crippen molar-refractivity contribution in [2.75, 3.05) is 7.11 Å². The Kier molecular flexibility index (Phi) is 4.75. The Morgan fingerprint density at radius 2 is 1.88 bits per heavy atom. The number of fused-ring (bicyclic) bond motifs is 1. The largest absolute Gasteiger partial charge is 0.494 e. The van der Waals surface area contributed by atoms with Crippen LogP contribution in [0, 0.1) is 12.7 Å². The molecule has 2 aromatic carbocycles. The van der Waals surface area contributed by atoms with Crippen LogP contribution < -0.4 is 4.74 Å². The molecule has 26 heavy (non-hydrogen) atoms. The van der Waals surface area contributed by atoms with Crippen LogP contribution in [0.25, 0.3) is 10.9 Å². The van der Waals surface area contributed by atoms with Crippen molar-refractivity contribution in [1.29, 1.82) is 0 Å². The van der Waals surface area contributed by atoms with Crippen molar-refractivity contribution < 1.29 is 23.5 Å². The molecule has 0 aliphatic rings. The first-order valence-corrected chi connectivity index (χ1v) is 8.08. The number of Topliss-reactive ketones (excluding diaryl/α,β-unsaturated/α-hetero) is 1. The first-order chi connectivity index (χ1) is 12.4. The Morgan fingerprint density at radius 3 is 2.58 bits per heavy atom. The number of halogens is 1. The fraction of sp³-hybridized carbons (Fsp3) is 0.200. The van der Waals surface area contributed by atoms with Crippen molar-refractivity contribution in [3.05, 3.63) is 65.1 Å². The Morgan fingerprint density at radius 1 is 1.15 bits per heavy atom. The summed E-state index contributed by atoms with van der Waals surface area (Å²) < 4.78 is 23.8. The van der Waals surface area contributed by atoms with Gasteiger partial charge in [0.25, 0.3) is 0 Å². The third-order valence-electron chi connectivity index (χ3n) is 4.18. The molecule has 0 unspecified atom stereocenters. The highest BCUT2D eigenvalue weighted by Crippen LogP contribution is 2.24. The molecule has 1 heterocycles. The van der Waals surface area contributed by atoms with Gasteiger partial charge in [0, 0.05) is 22.2 Å². The second-order valence-corrected chi connectivity index (χ2v) is 5.93. The molecule has 134 valence electrons. The zero-order valence-corrected chi connectivity index (χ0v) is 14.6. The number of methoxy groups -OCH3 is 1. The predicted octanol–water partition coefficient (Wildman–Crippen LogP) is 4.05. The highest BCUT2D eigenvalue weighted by molar-refractivity contribution is 6.11. The second-order valence-electron chi connectivity index (χ2n) is 5.93. The number of ether oxygens (including phenoxy) is 2. The number of aryl methyl sites for hydroxylation is 1. The third-order valence-corrected chi connectivity index (χ3v) is 4.18. The molecule has 0 saturated heterocycles. The highest BCUT2D eigenvalue weighted by Gasteiger charge is 2.25. The van der Waals surface area contributed by atoms with E-state index < -0.39 is 17.9 Å². The molecular formula is C20H18FNO4. The van der Waals surface area contributed by atoms with Crippen LogP contribution in [0.15, 0.2) is 42.5 Å². The van der Waals surface area contributed by atoms with E-state index in [1.807, 2.05) is 24.3 Å². The molecule has 1 aromatic heterocycles. The number of esters is 1. The number of H-pyrrole nitrogens is 1. The molecule has 0 bridgehead atoms. The van der Waals surface area contributed by atoms with Gasteiger partial charge in [0.1, 0.15) is 0 Å². The summed E-state index contributed by atoms with van der Waals surface area (Å²) in [6, 6.07) is 11.2. The molecule has 1 N–H and O–H groups in total. The number of aromatic amines is 1. The summed E-state index contributed by atoms with van der Waals surface area (Å²) in [5.41, 5.74) is 2.04. The molecule has 3 rings (SSSR count). The number of carbonyl (C=O) groups is 2. The molecule has 0 radical (unpaired) electrons. The lowest BCUT2D eigenvalue weighted by atomic mass is 10.0. The average Bonchev–Trinajstić information content (AvgIpc) is 2.96. The maximum Gasteiger partial charge on any atom is 0.338 e. The van der Waals surface area contributed by atoms with E-state index in [1.165, 1.54) is 26.2 Å². The van der Waals surface area contributed by atoms with Crippen LogP contribution in [-0.4, -0.2) is 30.0 Å². The molecule has 5 nitrogen and oxygen atoms in total. The van der Waals surface area contributed by atoms with Gasteiger partial charge in [-0.3, -0.25) is 4.79 Å². The van der Waals surface area contributed by atoms with E-state index in [-0.39, 0.29) is 17.1 Å². The number of ketones is 1. The van der Waals surface area contributed by atoms with Crippen LogP contribution in [-0.2, 0) is 4.74 Å². The quantitative estimate of drug-likeness (QED) is 0.554. The van der Waals surface area contributed by atoms with E-state index in [0.29, 0.717) is 11.3 Å². The number of benzene rings is 2. The minimum Gasteiger partial charge on any atom is -0.494 e. The number of hydrogen-bond acceptors (Lipinski definition) is 4. The average molecular weight is 355 g/mol. The number of hydrogen-bond donors (Lipinski definition) is 1. The Labute approximate surface area is 149 Å². The van der Waals surface area contributed by atoms with Gasteiger partial charge < -0.3 is 14.5 Å². The highest BCUT2D eigenvalue weighted by atomic mass is 19.1. The van der Waals surface area contributed by atoms with Crippen molar-refractivity contribution in [2.24, 2.45) is 0 Å². The van der Waals surface area contributed by atoms with Gasteiger partial charge in [0.05, 0.1) is 12.7 Å². The molecule has 0 aliphatic carbocycles. The van der Waals surface area contributed by atoms with Crippen LogP contribution in [0.5, 0.6) is 5.75 Å². The smallest absolute Gasteiger partial charge is 0.338 e. The number of nitrogens with one attached hydrogen (secondary N) is 1. The molecule has 1 atom stereocenters. The lowest BCUT2D eigenvalue weighted by Crippen LogP contribution is -2.25. The lowest BCUT2D eigenvalue weighted by Gasteiger charge is -2.13. The van der Waals surface area contributed by atoms with Crippen molar-refractivity contribution in [1.82, 2.24) is 4.98 Å². The van der Waals surface area contributed by atoms with E-state index in [4.69, 9.17) is 9.47 Å². The van der Waals surface area contributed by atoms with Gasteiger partial charge >= 0.3 is 5.97 Å². The maximum absolute atomic E-state index is 13.8. The molecule has 6 heteroatoms. The van der Waals surface area contributed by atoms with Gasteiger partial charge in [0.2, 0.25) is 5.78 Å². The van der Waals surface area contributed by atoms with Gasteiger partial charge in [-0.1, -0.05) is 18.2 Å². The monoisotopic (exact) mass is 355 g/mol. The molecule has 3 aromatic rings. The lowest BCUT2D eigenvalue weighted by molar-refractivity contribution is 0.0318. The molecule has 0 amide bonds. The Bertz CT molecular complexity index is 993. The molecular weight excluding hydrogens is 337 g/mol. The standard InChI is InChI=1S/C20H18FNO4/c1-11-18(14-6-4-5-7-16(14)22-11)19(23)12(2)26-20(24)13-8-9-17(25-3)15(21)10-13/h4-10,12,22H,1-3H3/t12-/m0/s1. The fourth-order valence-electron chi connectivity index (χ4n) is 2.87. The molecule has 0 spiro atoms. The topological polar surface area (TPSA) is 68.4 Å². The van der Waals surface area contributed by atoms with Crippen LogP contribution in [0.4, 0.5) is 4.39 Å². The summed E-state index contributed by atoms with van der Waals surface area (Å²) in [4.78, 5) is 28.2. The van der Waals surface area contributed by atoms with Crippen LogP contribution in [0.3, 0.4) is 0 Å². The van der Waals surface area contributed by atoms with Crippen molar-refractivity contribution >= 4 is 22.7 Å². The maximum atomic E-state index is 13.8. The van der Waals surface area contributed by atoms with E-state index in [9.17, 15) is 14.0 Å². The summed E-state index contributed by atoms with van der Waals surface area (Å²) in [5.74, 6) is -1.74. The van der Waals surface area contributed by atoms with E-state index in [2.05, 4.69) is 4.98 Å². The van der Waals surface area contributed by atoms with Crippen molar-refractivity contribution in [3.8, 4) is 5.75 Å². The predicted molar refractivity (Wildman–Crippen MR) is 95.2 cm³/mol. The summed E-state index contributed by atoms with van der Waals surface area (Å²) >= 11 is 0. The first kappa shape index (κ1) is 17.7. The summed E-state index contributed by atoms with van der Waals surface area (Å²) in [6.07, 6.45) is -1.01. The van der Waals surface area contributed by atoms with Crippen molar-refractivity contribution in [3.63, 3.8) is 0 Å². The van der Waals surface area contributed by atoms with E-state index in [0.717, 1.165) is 17.0 Å². The van der Waals surface area contributed by atoms with Gasteiger partial charge in [-0.15, -0.1) is 0 Å². The summed E-state index contributed by atoms with van der Waals surface area (Å²) in [6.45, 7) is 3.29. The molecule has 0 saturated carbocycles. The number of rotatable bonds is 5. The zero-order chi connectivity index (χ0) is 18.8. The SMILES string of the molecule is COc1ccc(C(=O)O[C@@H](C)C(=O)c2c(C)[nH]c3ccccc23)cc1F. The summed E-state index contributed by atoms with van der Waals surface area (Å²) in [7, 11) is 1.33. The van der Waals surface area contributed by atoms with Crippen LogP contribution >= 0.6 is 0 Å². The van der Waals surface area contributed by atoms with E-state index in [1.54, 1.807) is 6.92 Å². The molecule has 0 aliphatic heterocycles. The number of para-hydroxylation sites is 1. The van der Waals surface area contributed by atoms with Crippen molar-refractivity contribution in [2.45, 2.75) is 20.0 Å². The normalized spacial score (nSPS) is 12.0. The molecule has 0 fully saturated rings. The van der Waals surface area contributed by atoms with Gasteiger partial charge in [-0.05, 0) is 38.1 Å². The second kappa shape index (κ2) is 7.00.